The first-order valence-electron chi connectivity index (χ1n) is 5.35. The minimum Gasteiger partial charge on any atom is -0.347 e. The average Bonchev–Trinajstić information content (AvgIpc) is 2.76. The number of Topliss-reactive ketones (excluding diaryl/α,β-unsaturated/α-hetero) is 1. The number of carbonyl (C=O) groups is 2. The summed E-state index contributed by atoms with van der Waals surface area (Å²) in [6.45, 7) is 0.113. The van der Waals surface area contributed by atoms with Crippen LogP contribution in [0.1, 0.15) is 12.5 Å². The molecule has 1 aliphatic heterocycles. The Bertz CT molecular complexity index is 604. The topological polar surface area (TPSA) is 76.9 Å². The minimum absolute atomic E-state index is 0.00850. The molecule has 6 heteroatoms. The highest BCUT2D eigenvalue weighted by molar-refractivity contribution is 5.96. The highest BCUT2D eigenvalue weighted by Crippen LogP contribution is 2.20. The normalized spacial score (nSPS) is 20.6. The fourth-order valence-electron chi connectivity index (χ4n) is 2.00. The predicted octanol–water partition coefficient (Wildman–Crippen LogP) is 0.0614. The van der Waals surface area contributed by atoms with Crippen molar-refractivity contribution < 1.29 is 9.59 Å². The van der Waals surface area contributed by atoms with Gasteiger partial charge in [-0.1, -0.05) is 17.3 Å². The van der Waals surface area contributed by atoms with Gasteiger partial charge in [-0.2, -0.15) is 0 Å². The first kappa shape index (κ1) is 9.95. The number of rotatable bonds is 1. The summed E-state index contributed by atoms with van der Waals surface area (Å²) in [6, 6.07) is 6.78. The lowest BCUT2D eigenvalue weighted by molar-refractivity contribution is -0.133. The van der Waals surface area contributed by atoms with Crippen molar-refractivity contribution >= 4 is 22.7 Å². The molecule has 6 nitrogen and oxygen atoms in total. The lowest BCUT2D eigenvalue weighted by atomic mass is 10.1. The zero-order valence-electron chi connectivity index (χ0n) is 8.96. The molecule has 0 radical (unpaired) electrons. The maximum Gasteiger partial charge on any atom is 0.245 e. The number of nitrogens with zero attached hydrogens (tertiary/aromatic N) is 3. The van der Waals surface area contributed by atoms with E-state index in [-0.39, 0.29) is 24.7 Å². The van der Waals surface area contributed by atoms with Gasteiger partial charge in [0.2, 0.25) is 5.91 Å². The molecule has 1 fully saturated rings. The lowest BCUT2D eigenvalue weighted by Gasteiger charge is -2.21. The fourth-order valence-corrected chi connectivity index (χ4v) is 2.00. The molecule has 17 heavy (non-hydrogen) atoms. The van der Waals surface area contributed by atoms with Crippen molar-refractivity contribution in [1.82, 2.24) is 20.3 Å². The van der Waals surface area contributed by atoms with E-state index >= 15 is 0 Å². The van der Waals surface area contributed by atoms with Gasteiger partial charge in [-0.25, -0.2) is 4.68 Å². The van der Waals surface area contributed by atoms with Crippen LogP contribution in [0, 0.1) is 0 Å². The molecule has 1 unspecified atom stereocenters. The number of ketones is 1. The Kier molecular flexibility index (Phi) is 2.14. The number of para-hydroxylation sites is 1. The first-order chi connectivity index (χ1) is 8.25. The second-order valence-electron chi connectivity index (χ2n) is 4.00. The molecule has 1 atom stereocenters. The van der Waals surface area contributed by atoms with E-state index in [0.29, 0.717) is 0 Å². The molecule has 1 aromatic carbocycles. The van der Waals surface area contributed by atoms with Gasteiger partial charge < -0.3 is 5.32 Å². The van der Waals surface area contributed by atoms with Crippen molar-refractivity contribution in [3.05, 3.63) is 24.3 Å². The van der Waals surface area contributed by atoms with Gasteiger partial charge in [0.1, 0.15) is 11.6 Å². The second-order valence-corrected chi connectivity index (χ2v) is 4.00. The van der Waals surface area contributed by atoms with Gasteiger partial charge >= 0.3 is 0 Å². The first-order valence-corrected chi connectivity index (χ1v) is 5.35. The van der Waals surface area contributed by atoms with Gasteiger partial charge in [-0.3, -0.25) is 9.59 Å². The SMILES string of the molecule is O=C1CNC(=O)C(n2nnc3ccccc32)C1. The third kappa shape index (κ3) is 1.57. The summed E-state index contributed by atoms with van der Waals surface area (Å²) >= 11 is 0. The van der Waals surface area contributed by atoms with E-state index in [1.165, 1.54) is 4.68 Å². The number of fused-ring (bicyclic) bond motifs is 1. The molecule has 0 spiro atoms. The lowest BCUT2D eigenvalue weighted by Crippen LogP contribution is -2.43. The van der Waals surface area contributed by atoms with E-state index in [9.17, 15) is 9.59 Å². The Morgan fingerprint density at radius 2 is 2.12 bits per heavy atom. The molecular weight excluding hydrogens is 220 g/mol. The Morgan fingerprint density at radius 1 is 1.29 bits per heavy atom. The molecule has 0 aliphatic carbocycles. The molecule has 86 valence electrons. The van der Waals surface area contributed by atoms with Crippen molar-refractivity contribution in [2.75, 3.05) is 6.54 Å². The van der Waals surface area contributed by atoms with Crippen LogP contribution < -0.4 is 5.32 Å². The summed E-state index contributed by atoms with van der Waals surface area (Å²) in [5.41, 5.74) is 1.49. The van der Waals surface area contributed by atoms with Crippen LogP contribution in [0.2, 0.25) is 0 Å². The summed E-state index contributed by atoms with van der Waals surface area (Å²) in [5, 5.41) is 10.5. The summed E-state index contributed by atoms with van der Waals surface area (Å²) in [4.78, 5) is 23.1. The molecule has 1 amide bonds. The number of nitrogens with one attached hydrogen (secondary N) is 1. The molecule has 1 aliphatic rings. The summed E-state index contributed by atoms with van der Waals surface area (Å²) in [5.74, 6) is -0.172. The quantitative estimate of drug-likeness (QED) is 0.751. The van der Waals surface area contributed by atoms with Crippen LogP contribution >= 0.6 is 0 Å². The van der Waals surface area contributed by atoms with E-state index in [0.717, 1.165) is 11.0 Å². The van der Waals surface area contributed by atoms with E-state index in [2.05, 4.69) is 15.6 Å². The zero-order valence-corrected chi connectivity index (χ0v) is 8.96. The largest absolute Gasteiger partial charge is 0.347 e. The summed E-state index contributed by atoms with van der Waals surface area (Å²) < 4.78 is 1.52. The van der Waals surface area contributed by atoms with Gasteiger partial charge in [0.15, 0.2) is 5.78 Å². The standard InChI is InChI=1S/C11H10N4O2/c16-7-5-10(11(17)12-6-7)15-9-4-2-1-3-8(9)13-14-15/h1-4,10H,5-6H2,(H,12,17). The number of hydrogen-bond acceptors (Lipinski definition) is 4. The van der Waals surface area contributed by atoms with Crippen molar-refractivity contribution in [2.24, 2.45) is 0 Å². The van der Waals surface area contributed by atoms with Crippen LogP contribution in [0.4, 0.5) is 0 Å². The smallest absolute Gasteiger partial charge is 0.245 e. The van der Waals surface area contributed by atoms with Crippen molar-refractivity contribution in [3.8, 4) is 0 Å². The van der Waals surface area contributed by atoms with E-state index in [1.807, 2.05) is 24.3 Å². The molecule has 0 bridgehead atoms. The van der Waals surface area contributed by atoms with Gasteiger partial charge in [0.05, 0.1) is 12.1 Å². The third-order valence-corrected chi connectivity index (χ3v) is 2.86. The number of aromatic nitrogens is 3. The number of benzene rings is 1. The molecule has 1 saturated heterocycles. The van der Waals surface area contributed by atoms with Crippen molar-refractivity contribution in [1.29, 1.82) is 0 Å². The molecule has 1 N–H and O–H groups in total. The molecule has 2 aromatic rings. The van der Waals surface area contributed by atoms with Crippen LogP contribution in [0.15, 0.2) is 24.3 Å². The van der Waals surface area contributed by atoms with E-state index in [1.54, 1.807) is 0 Å². The van der Waals surface area contributed by atoms with E-state index in [4.69, 9.17) is 0 Å². The van der Waals surface area contributed by atoms with Crippen LogP contribution in [0.5, 0.6) is 0 Å². The second kappa shape index (κ2) is 3.65. The summed E-state index contributed by atoms with van der Waals surface area (Å²) in [7, 11) is 0. The van der Waals surface area contributed by atoms with Gasteiger partial charge in [0, 0.05) is 6.42 Å². The van der Waals surface area contributed by atoms with Gasteiger partial charge in [0.25, 0.3) is 0 Å². The maximum absolute atomic E-state index is 11.7. The number of carbonyl (C=O) groups excluding carboxylic acids is 2. The number of piperidine rings is 1. The van der Waals surface area contributed by atoms with Gasteiger partial charge in [-0.15, -0.1) is 5.10 Å². The van der Waals surface area contributed by atoms with Crippen LogP contribution in [-0.2, 0) is 9.59 Å². The Balaban J connectivity index is 2.08. The monoisotopic (exact) mass is 230 g/mol. The highest BCUT2D eigenvalue weighted by Gasteiger charge is 2.30. The fraction of sp³-hybridized carbons (Fsp3) is 0.273. The Hall–Kier alpha value is -2.24. The van der Waals surface area contributed by atoms with Crippen molar-refractivity contribution in [2.45, 2.75) is 12.5 Å². The minimum atomic E-state index is -0.580. The predicted molar refractivity (Wildman–Crippen MR) is 59.2 cm³/mol. The average molecular weight is 230 g/mol. The van der Waals surface area contributed by atoms with Crippen LogP contribution in [0.25, 0.3) is 11.0 Å². The third-order valence-electron chi connectivity index (χ3n) is 2.86. The number of amides is 1. The highest BCUT2D eigenvalue weighted by atomic mass is 16.2. The van der Waals surface area contributed by atoms with Crippen LogP contribution in [0.3, 0.4) is 0 Å². The zero-order chi connectivity index (χ0) is 11.8. The summed E-state index contributed by atoms with van der Waals surface area (Å²) in [6.07, 6.45) is 0.180. The molecule has 0 saturated carbocycles. The molecule has 2 heterocycles. The number of hydrogen-bond donors (Lipinski definition) is 1. The molecule has 1 aromatic heterocycles. The van der Waals surface area contributed by atoms with Crippen molar-refractivity contribution in [3.63, 3.8) is 0 Å². The van der Waals surface area contributed by atoms with Gasteiger partial charge in [-0.05, 0) is 12.1 Å². The Morgan fingerprint density at radius 3 is 3.00 bits per heavy atom. The van der Waals surface area contributed by atoms with Crippen LogP contribution in [-0.4, -0.2) is 33.2 Å². The molecular formula is C11H10N4O2. The maximum atomic E-state index is 11.7. The Labute approximate surface area is 96.6 Å². The van der Waals surface area contributed by atoms with E-state index < -0.39 is 6.04 Å². The molecule has 3 rings (SSSR count).